The number of aromatic nitrogens is 4. The van der Waals surface area contributed by atoms with Crippen molar-refractivity contribution in [2.45, 2.75) is 39.7 Å². The number of tetrazole rings is 1. The molecule has 0 fully saturated rings. The lowest BCUT2D eigenvalue weighted by atomic mass is 9.96. The first kappa shape index (κ1) is 18.3. The van der Waals surface area contributed by atoms with Crippen molar-refractivity contribution >= 4 is 5.69 Å². The number of fused-ring (bicyclic) bond motifs is 1. The van der Waals surface area contributed by atoms with Crippen molar-refractivity contribution in [1.82, 2.24) is 20.2 Å². The minimum atomic E-state index is -0.470. The molecule has 2 heterocycles. The van der Waals surface area contributed by atoms with Crippen molar-refractivity contribution in [3.05, 3.63) is 53.3 Å². The fourth-order valence-electron chi connectivity index (χ4n) is 3.56. The Balaban J connectivity index is 1.72. The second-order valence-electron chi connectivity index (χ2n) is 7.32. The highest BCUT2D eigenvalue weighted by Gasteiger charge is 2.32. The number of nitrogens with one attached hydrogen (secondary N) is 1. The largest absolute Gasteiger partial charge is 0.486 e. The first-order valence-corrected chi connectivity index (χ1v) is 9.55. The third-order valence-corrected chi connectivity index (χ3v) is 5.28. The minimum Gasteiger partial charge on any atom is -0.486 e. The number of para-hydroxylation sites is 1. The molecule has 1 aliphatic heterocycles. The molecular formula is C21H25N5O2. The number of aryl methyl sites for hydroxylation is 2. The summed E-state index contributed by atoms with van der Waals surface area (Å²) in [6.07, 6.45) is 0.798. The highest BCUT2D eigenvalue weighted by molar-refractivity contribution is 5.57. The van der Waals surface area contributed by atoms with Gasteiger partial charge in [-0.3, -0.25) is 0 Å². The maximum Gasteiger partial charge on any atom is 0.181 e. The minimum absolute atomic E-state index is 0.470. The Morgan fingerprint density at radius 3 is 2.50 bits per heavy atom. The zero-order chi connectivity index (χ0) is 19.7. The van der Waals surface area contributed by atoms with Crippen LogP contribution in [-0.4, -0.2) is 33.4 Å². The van der Waals surface area contributed by atoms with Crippen LogP contribution < -0.4 is 14.8 Å². The summed E-state index contributed by atoms with van der Waals surface area (Å²) in [7, 11) is 0. The van der Waals surface area contributed by atoms with Crippen LogP contribution in [0.5, 0.6) is 11.5 Å². The molecule has 0 unspecified atom stereocenters. The van der Waals surface area contributed by atoms with Crippen molar-refractivity contribution < 1.29 is 9.47 Å². The van der Waals surface area contributed by atoms with Crippen LogP contribution in [0.2, 0.25) is 0 Å². The Morgan fingerprint density at radius 2 is 1.79 bits per heavy atom. The average Bonchev–Trinajstić information content (AvgIpc) is 3.18. The van der Waals surface area contributed by atoms with Gasteiger partial charge in [-0.25, -0.2) is 0 Å². The molecule has 0 saturated carbocycles. The topological polar surface area (TPSA) is 74.1 Å². The smallest absolute Gasteiger partial charge is 0.181 e. The molecule has 4 rings (SSSR count). The lowest BCUT2D eigenvalue weighted by molar-refractivity contribution is 0.171. The van der Waals surface area contributed by atoms with Crippen LogP contribution in [0.4, 0.5) is 5.69 Å². The van der Waals surface area contributed by atoms with E-state index < -0.39 is 5.54 Å². The van der Waals surface area contributed by atoms with Gasteiger partial charge in [0.2, 0.25) is 0 Å². The quantitative estimate of drug-likeness (QED) is 0.727. The number of rotatable bonds is 5. The van der Waals surface area contributed by atoms with E-state index in [9.17, 15) is 0 Å². The molecule has 2 aromatic carbocycles. The zero-order valence-electron chi connectivity index (χ0n) is 16.7. The van der Waals surface area contributed by atoms with E-state index >= 15 is 0 Å². The van der Waals surface area contributed by atoms with Crippen molar-refractivity contribution in [3.63, 3.8) is 0 Å². The van der Waals surface area contributed by atoms with Crippen LogP contribution in [0.15, 0.2) is 36.4 Å². The van der Waals surface area contributed by atoms with Crippen LogP contribution in [0.25, 0.3) is 5.69 Å². The van der Waals surface area contributed by atoms with Crippen molar-refractivity contribution in [2.75, 3.05) is 18.5 Å². The van der Waals surface area contributed by atoms with E-state index in [0.29, 0.717) is 13.2 Å². The molecule has 28 heavy (non-hydrogen) atoms. The fourth-order valence-corrected chi connectivity index (χ4v) is 3.56. The predicted molar refractivity (Wildman–Crippen MR) is 107 cm³/mol. The summed E-state index contributed by atoms with van der Waals surface area (Å²) in [5.74, 6) is 2.29. The van der Waals surface area contributed by atoms with E-state index in [1.807, 2.05) is 28.9 Å². The Morgan fingerprint density at radius 1 is 1.07 bits per heavy atom. The molecule has 7 heteroatoms. The van der Waals surface area contributed by atoms with Crippen LogP contribution >= 0.6 is 0 Å². The summed E-state index contributed by atoms with van der Waals surface area (Å²) in [5.41, 5.74) is 3.75. The Kier molecular flexibility index (Phi) is 4.66. The normalized spacial score (nSPS) is 15.1. The molecule has 1 atom stereocenters. The van der Waals surface area contributed by atoms with Gasteiger partial charge in [-0.05, 0) is 60.9 Å². The van der Waals surface area contributed by atoms with Gasteiger partial charge >= 0.3 is 0 Å². The molecule has 3 aromatic rings. The zero-order valence-corrected chi connectivity index (χ0v) is 16.7. The Bertz CT molecular complexity index is 980. The summed E-state index contributed by atoms with van der Waals surface area (Å²) in [4.78, 5) is 0. The molecule has 1 N–H and O–H groups in total. The van der Waals surface area contributed by atoms with E-state index in [-0.39, 0.29) is 0 Å². The molecule has 1 aliphatic rings. The van der Waals surface area contributed by atoms with Crippen LogP contribution in [0, 0.1) is 13.8 Å². The maximum atomic E-state index is 5.72. The standard InChI is InChI=1S/C21H25N5O2/c1-5-21(4,22-16-9-10-17-18(13-16)28-12-11-27-17)20-23-24-25-26(20)19-14(2)7-6-8-15(19)3/h6-10,13,22H,5,11-12H2,1-4H3/t21-/m0/s1. The maximum absolute atomic E-state index is 5.72. The number of benzene rings is 2. The monoisotopic (exact) mass is 379 g/mol. The molecule has 1 aromatic heterocycles. The Hall–Kier alpha value is -3.09. The second kappa shape index (κ2) is 7.14. The van der Waals surface area contributed by atoms with E-state index in [2.05, 4.69) is 60.7 Å². The number of anilines is 1. The van der Waals surface area contributed by atoms with E-state index in [4.69, 9.17) is 9.47 Å². The molecule has 0 saturated heterocycles. The fraction of sp³-hybridized carbons (Fsp3) is 0.381. The molecule has 0 radical (unpaired) electrons. The van der Waals surface area contributed by atoms with Gasteiger partial charge in [0, 0.05) is 11.8 Å². The number of hydrogen-bond donors (Lipinski definition) is 1. The van der Waals surface area contributed by atoms with Gasteiger partial charge in [0.25, 0.3) is 0 Å². The molecule has 0 aliphatic carbocycles. The van der Waals surface area contributed by atoms with E-state index in [0.717, 1.165) is 46.2 Å². The van der Waals surface area contributed by atoms with Gasteiger partial charge < -0.3 is 14.8 Å². The average molecular weight is 379 g/mol. The molecule has 146 valence electrons. The van der Waals surface area contributed by atoms with Gasteiger partial charge in [0.1, 0.15) is 13.2 Å². The third-order valence-electron chi connectivity index (χ3n) is 5.28. The summed E-state index contributed by atoms with van der Waals surface area (Å²) >= 11 is 0. The number of hydrogen-bond acceptors (Lipinski definition) is 6. The molecule has 7 nitrogen and oxygen atoms in total. The van der Waals surface area contributed by atoms with Crippen LogP contribution in [0.1, 0.15) is 37.2 Å². The highest BCUT2D eigenvalue weighted by atomic mass is 16.6. The van der Waals surface area contributed by atoms with Crippen LogP contribution in [-0.2, 0) is 5.54 Å². The van der Waals surface area contributed by atoms with Gasteiger partial charge in [0.05, 0.1) is 11.2 Å². The summed E-state index contributed by atoms with van der Waals surface area (Å²) in [5, 5.41) is 16.3. The van der Waals surface area contributed by atoms with Crippen molar-refractivity contribution in [2.24, 2.45) is 0 Å². The summed E-state index contributed by atoms with van der Waals surface area (Å²) in [6.45, 7) is 9.52. The highest BCUT2D eigenvalue weighted by Crippen LogP contribution is 2.36. The molecule has 0 bridgehead atoms. The lowest BCUT2D eigenvalue weighted by Crippen LogP contribution is -2.35. The van der Waals surface area contributed by atoms with Gasteiger partial charge in [-0.15, -0.1) is 5.10 Å². The van der Waals surface area contributed by atoms with E-state index in [1.165, 1.54) is 0 Å². The van der Waals surface area contributed by atoms with Gasteiger partial charge in [-0.1, -0.05) is 25.1 Å². The summed E-state index contributed by atoms with van der Waals surface area (Å²) in [6, 6.07) is 12.1. The molecule has 0 spiro atoms. The second-order valence-corrected chi connectivity index (χ2v) is 7.32. The van der Waals surface area contributed by atoms with Crippen molar-refractivity contribution in [1.29, 1.82) is 0 Å². The molecular weight excluding hydrogens is 354 g/mol. The predicted octanol–water partition coefficient (Wildman–Crippen LogP) is 3.79. The summed E-state index contributed by atoms with van der Waals surface area (Å²) < 4.78 is 13.2. The molecule has 0 amide bonds. The van der Waals surface area contributed by atoms with Crippen LogP contribution in [0.3, 0.4) is 0 Å². The van der Waals surface area contributed by atoms with Gasteiger partial charge in [-0.2, -0.15) is 4.68 Å². The Labute approximate surface area is 164 Å². The third kappa shape index (κ3) is 3.17. The lowest BCUT2D eigenvalue weighted by Gasteiger charge is -2.30. The number of ether oxygens (including phenoxy) is 2. The van der Waals surface area contributed by atoms with Gasteiger partial charge in [0.15, 0.2) is 17.3 Å². The van der Waals surface area contributed by atoms with Crippen molar-refractivity contribution in [3.8, 4) is 17.2 Å². The van der Waals surface area contributed by atoms with E-state index in [1.54, 1.807) is 0 Å². The number of nitrogens with zero attached hydrogens (tertiary/aromatic N) is 4. The first-order chi connectivity index (χ1) is 13.5. The SMILES string of the molecule is CC[C@](C)(Nc1ccc2c(c1)OCCO2)c1nnnn1-c1c(C)cccc1C. The first-order valence-electron chi connectivity index (χ1n) is 9.55.